The van der Waals surface area contributed by atoms with Gasteiger partial charge < -0.3 is 10.2 Å². The van der Waals surface area contributed by atoms with Gasteiger partial charge in [-0.1, -0.05) is 69.4 Å². The van der Waals surface area contributed by atoms with Crippen LogP contribution in [0.25, 0.3) is 44.1 Å². The summed E-state index contributed by atoms with van der Waals surface area (Å²) in [6.07, 6.45) is -0.398. The molecule has 4 heterocycles. The molecule has 50 heavy (non-hydrogen) atoms. The molecule has 16 heteroatoms. The minimum absolute atomic E-state index is 0.398. The number of aryl methyl sites for hydroxylation is 1. The molecule has 0 spiro atoms. The lowest BCUT2D eigenvalue weighted by Crippen LogP contribution is -2.17. The first-order valence-corrected chi connectivity index (χ1v) is 15.8. The highest BCUT2D eigenvalue weighted by atomic mass is 16.4. The molecule has 0 bridgehead atoms. The van der Waals surface area contributed by atoms with Gasteiger partial charge in [-0.2, -0.15) is 0 Å². The van der Waals surface area contributed by atoms with Gasteiger partial charge in [0.25, 0.3) is 0 Å². The molecule has 0 radical (unpaired) electrons. The van der Waals surface area contributed by atoms with Crippen LogP contribution in [-0.2, 0) is 25.1 Å². The molecule has 4 aromatic heterocycles. The topological polar surface area (TPSA) is 184 Å². The van der Waals surface area contributed by atoms with Gasteiger partial charge in [-0.05, 0) is 76.5 Å². The predicted molar refractivity (Wildman–Crippen MR) is 189 cm³/mol. The van der Waals surface area contributed by atoms with Gasteiger partial charge in [0.2, 0.25) is 0 Å². The quantitative estimate of drug-likeness (QED) is 0.260. The normalized spacial score (nSPS) is 12.1. The molecule has 0 aliphatic carbocycles. The number of nitrogens with zero attached hydrogens (tertiary/aromatic N) is 13. The van der Waals surface area contributed by atoms with Crippen LogP contribution in [0.15, 0.2) is 97.1 Å². The Morgan fingerprint density at radius 1 is 0.640 bits per heavy atom. The van der Waals surface area contributed by atoms with Crippen molar-refractivity contribution in [3.63, 3.8) is 0 Å². The van der Waals surface area contributed by atoms with Gasteiger partial charge in [-0.3, -0.25) is 4.90 Å². The van der Waals surface area contributed by atoms with Crippen LogP contribution in [0.3, 0.4) is 0 Å². The number of benzene rings is 4. The van der Waals surface area contributed by atoms with Crippen molar-refractivity contribution in [2.24, 2.45) is 7.05 Å². The number of hydrogen-bond acceptors (Lipinski definition) is 11. The first-order chi connectivity index (χ1) is 24.1. The Morgan fingerprint density at radius 3 is 1.58 bits per heavy atom. The van der Waals surface area contributed by atoms with E-state index in [0.29, 0.717) is 12.1 Å². The second-order valence-electron chi connectivity index (χ2n) is 11.6. The van der Waals surface area contributed by atoms with Crippen LogP contribution >= 0.6 is 0 Å². The molecule has 0 saturated heterocycles. The summed E-state index contributed by atoms with van der Waals surface area (Å²) in [5.74, 6) is -0.916. The second-order valence-corrected chi connectivity index (χ2v) is 11.6. The maximum atomic E-state index is 10.8. The summed E-state index contributed by atoms with van der Waals surface area (Å²) in [4.78, 5) is 12.8. The number of aromatic nitrogens is 12. The van der Waals surface area contributed by atoms with E-state index in [4.69, 9.17) is 5.11 Å². The zero-order valence-electron chi connectivity index (χ0n) is 28.4. The summed E-state index contributed by atoms with van der Waals surface area (Å²) < 4.78 is 6.75. The van der Waals surface area contributed by atoms with Crippen LogP contribution in [0, 0.1) is 0 Å². The molecule has 8 rings (SSSR count). The van der Waals surface area contributed by atoms with Gasteiger partial charge in [0.05, 0.1) is 41.4 Å². The van der Waals surface area contributed by atoms with Crippen molar-refractivity contribution in [2.75, 3.05) is 14.1 Å². The average molecular weight is 678 g/mol. The van der Waals surface area contributed by atoms with Crippen molar-refractivity contribution in [1.29, 1.82) is 0 Å². The Kier molecular flexibility index (Phi) is 11.5. The maximum absolute atomic E-state index is 10.8. The van der Waals surface area contributed by atoms with Crippen LogP contribution < -0.4 is 0 Å². The molecule has 0 amide bonds. The van der Waals surface area contributed by atoms with Gasteiger partial charge in [0.15, 0.2) is 0 Å². The first kappa shape index (κ1) is 35.2. The first-order valence-electron chi connectivity index (χ1n) is 15.8. The van der Waals surface area contributed by atoms with E-state index in [2.05, 4.69) is 46.1 Å². The molecule has 2 N–H and O–H groups in total. The third-order valence-electron chi connectivity index (χ3n) is 7.31. The van der Waals surface area contributed by atoms with Gasteiger partial charge in [0.1, 0.15) is 28.1 Å². The minimum Gasteiger partial charge on any atom is -0.480 e. The fourth-order valence-corrected chi connectivity index (χ4v) is 4.86. The van der Waals surface area contributed by atoms with Crippen molar-refractivity contribution < 1.29 is 15.0 Å². The highest BCUT2D eigenvalue weighted by molar-refractivity contribution is 5.78. The van der Waals surface area contributed by atoms with Gasteiger partial charge in [0, 0.05) is 7.05 Å². The molecule has 0 aliphatic rings. The van der Waals surface area contributed by atoms with E-state index in [1.165, 1.54) is 4.68 Å². The molecule has 0 fully saturated rings. The van der Waals surface area contributed by atoms with Crippen molar-refractivity contribution in [3.05, 3.63) is 97.1 Å². The Labute approximate surface area is 287 Å². The van der Waals surface area contributed by atoms with Crippen LogP contribution in [0.4, 0.5) is 0 Å². The molecular formula is C34H39N13O3. The minimum atomic E-state index is -0.916. The Bertz CT molecular complexity index is 2210. The molecule has 8 aromatic rings. The zero-order chi connectivity index (χ0) is 35.6. The Balaban J connectivity index is 0.000000130. The fourth-order valence-electron chi connectivity index (χ4n) is 4.86. The Hall–Kier alpha value is -6.13. The number of aliphatic carboxylic acids is 1. The summed E-state index contributed by atoms with van der Waals surface area (Å²) >= 11 is 0. The number of carbonyl (C=O) groups is 1. The van der Waals surface area contributed by atoms with E-state index < -0.39 is 18.1 Å². The molecular weight excluding hydrogens is 638 g/mol. The number of aliphatic hydroxyl groups excluding tert-OH is 1. The van der Waals surface area contributed by atoms with E-state index in [1.807, 2.05) is 111 Å². The number of hydrogen-bond donors (Lipinski definition) is 2. The van der Waals surface area contributed by atoms with Gasteiger partial charge in [-0.25, -0.2) is 23.5 Å². The molecule has 0 saturated carbocycles. The molecule has 16 nitrogen and oxygen atoms in total. The monoisotopic (exact) mass is 677 g/mol. The SMILES string of the molecule is CC(C(=O)O)n1nnc2ccccc21.CC(O)Cn1nnc2ccccc21.CN(C)Cn1nnc2ccccc21.Cn1nnc2ccccc21. The highest BCUT2D eigenvalue weighted by Crippen LogP contribution is 2.15. The third-order valence-corrected chi connectivity index (χ3v) is 7.31. The van der Waals surface area contributed by atoms with Gasteiger partial charge >= 0.3 is 5.97 Å². The summed E-state index contributed by atoms with van der Waals surface area (Å²) in [5.41, 5.74) is 7.32. The Morgan fingerprint density at radius 2 is 1.06 bits per heavy atom. The van der Waals surface area contributed by atoms with Crippen molar-refractivity contribution in [3.8, 4) is 0 Å². The third kappa shape index (κ3) is 8.66. The number of para-hydroxylation sites is 4. The lowest BCUT2D eigenvalue weighted by molar-refractivity contribution is -0.140. The molecule has 2 unspecified atom stereocenters. The number of carboxylic acid groups (broad SMARTS) is 1. The summed E-state index contributed by atoms with van der Waals surface area (Å²) in [5, 5.41) is 49.5. The fraction of sp³-hybridized carbons (Fsp3) is 0.265. The van der Waals surface area contributed by atoms with Gasteiger partial charge in [-0.15, -0.1) is 20.4 Å². The average Bonchev–Trinajstić information content (AvgIpc) is 3.91. The second kappa shape index (κ2) is 16.3. The standard InChI is InChI=1S/C9H12N4.C9H9N3O2.C9H11N3O.C7H7N3/c1-12(2)7-13-9-6-4-3-5-8(9)10-11-13;1-6(9(13)14)12-8-5-3-2-4-7(8)10-11-12;1-7(13)6-12-9-5-3-2-4-8(9)10-11-12;1-10-7-5-3-2-4-6(7)8-9-10/h3-6H,7H2,1-2H3;2-6H,1H3,(H,13,14);2-5,7,13H,6H2,1H3;2-5H,1H3. The number of rotatable bonds is 6. The maximum Gasteiger partial charge on any atom is 0.328 e. The molecule has 258 valence electrons. The van der Waals surface area contributed by atoms with Crippen molar-refractivity contribution in [1.82, 2.24) is 64.9 Å². The number of carboxylic acids is 1. The van der Waals surface area contributed by atoms with Crippen LogP contribution in [0.5, 0.6) is 0 Å². The van der Waals surface area contributed by atoms with Crippen LogP contribution in [-0.4, -0.2) is 101 Å². The van der Waals surface area contributed by atoms with Crippen LogP contribution in [0.2, 0.25) is 0 Å². The number of aliphatic hydroxyl groups is 1. The lowest BCUT2D eigenvalue weighted by atomic mass is 10.3. The smallest absolute Gasteiger partial charge is 0.328 e. The zero-order valence-corrected chi connectivity index (χ0v) is 28.4. The summed E-state index contributed by atoms with van der Waals surface area (Å²) in [6.45, 7) is 4.56. The lowest BCUT2D eigenvalue weighted by Gasteiger charge is -2.08. The van der Waals surface area contributed by atoms with E-state index in [0.717, 1.165) is 45.3 Å². The van der Waals surface area contributed by atoms with Crippen molar-refractivity contribution in [2.45, 2.75) is 39.2 Å². The van der Waals surface area contributed by atoms with E-state index >= 15 is 0 Å². The van der Waals surface area contributed by atoms with Crippen molar-refractivity contribution >= 4 is 50.1 Å². The predicted octanol–water partition coefficient (Wildman–Crippen LogP) is 3.81. The molecule has 4 aromatic carbocycles. The summed E-state index contributed by atoms with van der Waals surface area (Å²) in [6, 6.07) is 30.1. The largest absolute Gasteiger partial charge is 0.480 e. The van der Waals surface area contributed by atoms with E-state index in [-0.39, 0.29) is 0 Å². The number of fused-ring (bicyclic) bond motifs is 4. The highest BCUT2D eigenvalue weighted by Gasteiger charge is 2.16. The van der Waals surface area contributed by atoms with E-state index in [9.17, 15) is 9.90 Å². The van der Waals surface area contributed by atoms with Crippen LogP contribution in [0.1, 0.15) is 19.9 Å². The summed E-state index contributed by atoms with van der Waals surface area (Å²) in [7, 11) is 5.90. The molecule has 2 atom stereocenters. The van der Waals surface area contributed by atoms with E-state index in [1.54, 1.807) is 35.3 Å². The molecule has 0 aliphatic heterocycles.